The largest absolute Gasteiger partial charge is 0.424 e. The standard InChI is InChI=1S/C27H16F3N5O5S/c1-15-22(14-32)24(21-10-5-16(13-31)11-23(21)41)34(26(37)40-20-8-6-18(7-9-20)35(38)39)25(36)33(15)19-4-2-3-17(12-19)27(28,29)30/h2-12,24,41H,1H3. The fourth-order valence-corrected chi connectivity index (χ4v) is 4.52. The lowest BCUT2D eigenvalue weighted by Gasteiger charge is -2.40. The highest BCUT2D eigenvalue weighted by Crippen LogP contribution is 2.42. The quantitative estimate of drug-likeness (QED) is 0.205. The van der Waals surface area contributed by atoms with Gasteiger partial charge in [0.25, 0.3) is 5.69 Å². The third kappa shape index (κ3) is 5.54. The Morgan fingerprint density at radius 2 is 1.76 bits per heavy atom. The van der Waals surface area contributed by atoms with E-state index < -0.39 is 34.8 Å². The number of nitrogens with zero attached hydrogens (tertiary/aromatic N) is 5. The number of imide groups is 1. The van der Waals surface area contributed by atoms with E-state index in [1.807, 2.05) is 12.1 Å². The summed E-state index contributed by atoms with van der Waals surface area (Å²) in [5.74, 6) is -0.187. The highest BCUT2D eigenvalue weighted by Gasteiger charge is 2.45. The minimum absolute atomic E-state index is 0.0571. The Balaban J connectivity index is 1.89. The van der Waals surface area contributed by atoms with Gasteiger partial charge in [0.05, 0.1) is 39.4 Å². The molecule has 4 rings (SSSR count). The van der Waals surface area contributed by atoms with Gasteiger partial charge in [0.2, 0.25) is 0 Å². The fraction of sp³-hybridized carbons (Fsp3) is 0.111. The topological polar surface area (TPSA) is 141 Å². The summed E-state index contributed by atoms with van der Waals surface area (Å²) in [6.07, 6.45) is -6.08. The molecule has 14 heteroatoms. The number of allylic oxidation sites excluding steroid dienone is 1. The van der Waals surface area contributed by atoms with Gasteiger partial charge in [-0.1, -0.05) is 12.1 Å². The molecule has 0 saturated heterocycles. The van der Waals surface area contributed by atoms with Crippen LogP contribution in [0.3, 0.4) is 0 Å². The average molecular weight is 580 g/mol. The smallest absolute Gasteiger partial charge is 0.410 e. The van der Waals surface area contributed by atoms with Gasteiger partial charge >= 0.3 is 18.3 Å². The van der Waals surface area contributed by atoms with Crippen molar-refractivity contribution in [2.45, 2.75) is 24.0 Å². The molecule has 10 nitrogen and oxygen atoms in total. The number of hydrogen-bond acceptors (Lipinski definition) is 8. The summed E-state index contributed by atoms with van der Waals surface area (Å²) in [5, 5.41) is 30.3. The second-order valence-corrected chi connectivity index (χ2v) is 9.04. The van der Waals surface area contributed by atoms with Crippen molar-refractivity contribution >= 4 is 36.1 Å². The Hall–Kier alpha value is -5.34. The van der Waals surface area contributed by atoms with E-state index in [1.165, 1.54) is 31.2 Å². The molecule has 0 fully saturated rings. The number of thiol groups is 1. The first-order valence-electron chi connectivity index (χ1n) is 11.5. The van der Waals surface area contributed by atoms with Crippen molar-refractivity contribution in [3.8, 4) is 17.9 Å². The predicted octanol–water partition coefficient (Wildman–Crippen LogP) is 6.75. The first kappa shape index (κ1) is 28.7. The number of carbonyl (C=O) groups excluding carboxylic acids is 2. The number of halogens is 3. The molecule has 206 valence electrons. The number of benzene rings is 3. The second kappa shape index (κ2) is 11.0. The molecule has 0 saturated carbocycles. The summed E-state index contributed by atoms with van der Waals surface area (Å²) in [5.41, 5.74) is -1.53. The van der Waals surface area contributed by atoms with E-state index in [9.17, 15) is 43.4 Å². The number of amides is 3. The molecule has 1 unspecified atom stereocenters. The van der Waals surface area contributed by atoms with E-state index in [0.717, 1.165) is 41.3 Å². The van der Waals surface area contributed by atoms with Crippen LogP contribution in [0.4, 0.5) is 34.1 Å². The van der Waals surface area contributed by atoms with Crippen LogP contribution in [-0.4, -0.2) is 21.9 Å². The number of carbonyl (C=O) groups is 2. The molecule has 1 atom stereocenters. The van der Waals surface area contributed by atoms with E-state index in [4.69, 9.17) is 4.74 Å². The molecule has 1 aliphatic rings. The normalized spacial score (nSPS) is 15.3. The van der Waals surface area contributed by atoms with Gasteiger partial charge in [-0.3, -0.25) is 15.0 Å². The lowest BCUT2D eigenvalue weighted by Crippen LogP contribution is -2.53. The van der Waals surface area contributed by atoms with Crippen LogP contribution in [0.25, 0.3) is 0 Å². The summed E-state index contributed by atoms with van der Waals surface area (Å²) in [7, 11) is 0. The molecule has 0 aromatic heterocycles. The van der Waals surface area contributed by atoms with E-state index in [2.05, 4.69) is 12.6 Å². The summed E-state index contributed by atoms with van der Waals surface area (Å²) >= 11 is 4.37. The van der Waals surface area contributed by atoms with Crippen LogP contribution in [0.15, 0.2) is 82.9 Å². The zero-order valence-electron chi connectivity index (χ0n) is 20.8. The molecule has 0 N–H and O–H groups in total. The van der Waals surface area contributed by atoms with Gasteiger partial charge in [0, 0.05) is 22.7 Å². The van der Waals surface area contributed by atoms with Crippen LogP contribution in [-0.2, 0) is 6.18 Å². The molecule has 0 spiro atoms. The number of non-ortho nitro benzene ring substituents is 1. The Kier molecular flexibility index (Phi) is 7.71. The molecule has 0 radical (unpaired) electrons. The van der Waals surface area contributed by atoms with Crippen molar-refractivity contribution in [2.24, 2.45) is 0 Å². The van der Waals surface area contributed by atoms with Crippen LogP contribution < -0.4 is 9.64 Å². The Morgan fingerprint density at radius 3 is 2.32 bits per heavy atom. The molecule has 3 amide bonds. The number of hydrogen-bond donors (Lipinski definition) is 1. The number of anilines is 1. The van der Waals surface area contributed by atoms with Crippen molar-refractivity contribution in [1.82, 2.24) is 4.90 Å². The number of nitro groups is 1. The van der Waals surface area contributed by atoms with Gasteiger partial charge < -0.3 is 4.74 Å². The van der Waals surface area contributed by atoms with Gasteiger partial charge in [0.1, 0.15) is 11.8 Å². The van der Waals surface area contributed by atoms with Gasteiger partial charge in [-0.05, 0) is 55.0 Å². The van der Waals surface area contributed by atoms with Crippen molar-refractivity contribution in [2.75, 3.05) is 4.90 Å². The van der Waals surface area contributed by atoms with Gasteiger partial charge in [-0.2, -0.15) is 23.7 Å². The maximum Gasteiger partial charge on any atom is 0.424 e. The predicted molar refractivity (Wildman–Crippen MR) is 140 cm³/mol. The molecule has 0 aliphatic carbocycles. The van der Waals surface area contributed by atoms with Crippen LogP contribution >= 0.6 is 12.6 Å². The molecule has 3 aromatic carbocycles. The van der Waals surface area contributed by atoms with Crippen molar-refractivity contribution in [3.05, 3.63) is 105 Å². The van der Waals surface area contributed by atoms with Crippen LogP contribution in [0.5, 0.6) is 5.75 Å². The Bertz CT molecular complexity index is 1690. The minimum atomic E-state index is -4.75. The maximum absolute atomic E-state index is 13.9. The van der Waals surface area contributed by atoms with E-state index >= 15 is 0 Å². The lowest BCUT2D eigenvalue weighted by molar-refractivity contribution is -0.384. The van der Waals surface area contributed by atoms with Crippen molar-refractivity contribution in [3.63, 3.8) is 0 Å². The van der Waals surface area contributed by atoms with Gasteiger partial charge in [-0.25, -0.2) is 14.5 Å². The fourth-order valence-electron chi connectivity index (χ4n) is 4.18. The third-order valence-corrected chi connectivity index (χ3v) is 6.50. The van der Waals surface area contributed by atoms with Crippen molar-refractivity contribution in [1.29, 1.82) is 10.5 Å². The number of nitriles is 2. The maximum atomic E-state index is 13.9. The highest BCUT2D eigenvalue weighted by molar-refractivity contribution is 7.80. The zero-order chi connectivity index (χ0) is 30.1. The van der Waals surface area contributed by atoms with Crippen LogP contribution in [0.1, 0.15) is 29.7 Å². The minimum Gasteiger partial charge on any atom is -0.410 e. The van der Waals surface area contributed by atoms with Crippen LogP contribution in [0.2, 0.25) is 0 Å². The number of alkyl halides is 3. The zero-order valence-corrected chi connectivity index (χ0v) is 21.7. The first-order chi connectivity index (χ1) is 19.4. The summed E-state index contributed by atoms with van der Waals surface area (Å²) < 4.78 is 45.7. The molecular weight excluding hydrogens is 563 g/mol. The highest BCUT2D eigenvalue weighted by atomic mass is 32.1. The molecule has 1 aliphatic heterocycles. The number of urea groups is 1. The number of rotatable bonds is 4. The monoisotopic (exact) mass is 579 g/mol. The molecular formula is C27H16F3N5O5S. The number of nitro benzene ring substituents is 1. The summed E-state index contributed by atoms with van der Waals surface area (Å²) in [6, 6.07) is 13.5. The first-order valence-corrected chi connectivity index (χ1v) is 11.9. The van der Waals surface area contributed by atoms with E-state index in [0.29, 0.717) is 11.0 Å². The molecule has 0 bridgehead atoms. The third-order valence-electron chi connectivity index (χ3n) is 6.11. The van der Waals surface area contributed by atoms with Gasteiger partial charge in [-0.15, -0.1) is 12.6 Å². The summed E-state index contributed by atoms with van der Waals surface area (Å²) in [6.45, 7) is 1.34. The second-order valence-electron chi connectivity index (χ2n) is 8.55. The van der Waals surface area contributed by atoms with E-state index in [-0.39, 0.29) is 44.4 Å². The van der Waals surface area contributed by atoms with E-state index in [1.54, 1.807) is 0 Å². The van der Waals surface area contributed by atoms with Crippen LogP contribution in [0, 0.1) is 32.8 Å². The Morgan fingerprint density at radius 1 is 1.07 bits per heavy atom. The Labute approximate surface area is 235 Å². The van der Waals surface area contributed by atoms with Crippen molar-refractivity contribution < 1.29 is 32.4 Å². The molecule has 3 aromatic rings. The molecule has 41 heavy (non-hydrogen) atoms. The van der Waals surface area contributed by atoms with Gasteiger partial charge in [0.15, 0.2) is 0 Å². The SMILES string of the molecule is CC1=C(C#N)C(c2ccc(C#N)cc2S)N(C(=O)Oc2ccc([N+](=O)[O-])cc2)C(=O)N1c1cccc(C(F)(F)F)c1. The summed E-state index contributed by atoms with van der Waals surface area (Å²) in [4.78, 5) is 39.2. The number of ether oxygens (including phenoxy) is 1. The lowest BCUT2D eigenvalue weighted by atomic mass is 9.93. The average Bonchev–Trinajstić information content (AvgIpc) is 2.92. The molecule has 1 heterocycles.